The van der Waals surface area contributed by atoms with Crippen LogP contribution in [-0.2, 0) is 6.42 Å². The van der Waals surface area contributed by atoms with E-state index in [-0.39, 0.29) is 10.9 Å². The zero-order chi connectivity index (χ0) is 15.9. The Morgan fingerprint density at radius 1 is 1.18 bits per heavy atom. The van der Waals surface area contributed by atoms with E-state index in [1.807, 2.05) is 32.0 Å². The number of aryl methyl sites for hydroxylation is 2. The molecule has 4 heteroatoms. The van der Waals surface area contributed by atoms with Crippen molar-refractivity contribution in [3.63, 3.8) is 0 Å². The molecule has 0 spiro atoms. The number of aromatic nitrogens is 1. The highest BCUT2D eigenvalue weighted by molar-refractivity contribution is 6.31. The second-order valence-electron chi connectivity index (χ2n) is 5.27. The van der Waals surface area contributed by atoms with Crippen LogP contribution in [0.4, 0.5) is 4.39 Å². The van der Waals surface area contributed by atoms with E-state index in [1.165, 1.54) is 10.6 Å². The fourth-order valence-electron chi connectivity index (χ4n) is 2.64. The molecule has 0 radical (unpaired) electrons. The molecule has 0 aliphatic carbocycles. The van der Waals surface area contributed by atoms with E-state index in [0.29, 0.717) is 22.5 Å². The number of hydrogen-bond acceptors (Lipinski definition) is 1. The van der Waals surface area contributed by atoms with Gasteiger partial charge in [-0.15, -0.1) is 0 Å². The van der Waals surface area contributed by atoms with E-state index < -0.39 is 5.82 Å². The molecule has 0 N–H and O–H groups in total. The minimum atomic E-state index is -0.503. The number of nitrogens with zero attached hydrogens (tertiary/aromatic N) is 1. The zero-order valence-corrected chi connectivity index (χ0v) is 13.1. The summed E-state index contributed by atoms with van der Waals surface area (Å²) < 4.78 is 15.6. The molecule has 0 aliphatic heterocycles. The summed E-state index contributed by atoms with van der Waals surface area (Å²) in [6.07, 6.45) is 0.660. The van der Waals surface area contributed by atoms with E-state index in [2.05, 4.69) is 0 Å². The van der Waals surface area contributed by atoms with Gasteiger partial charge in [-0.2, -0.15) is 0 Å². The van der Waals surface area contributed by atoms with E-state index in [0.717, 1.165) is 11.3 Å². The van der Waals surface area contributed by atoms with Crippen molar-refractivity contribution in [2.75, 3.05) is 0 Å². The number of rotatable bonds is 2. The summed E-state index contributed by atoms with van der Waals surface area (Å²) in [6, 6.07) is 12.0. The summed E-state index contributed by atoms with van der Waals surface area (Å²) in [5, 5.41) is 1.31. The topological polar surface area (TPSA) is 22.0 Å². The maximum atomic E-state index is 14.1. The van der Waals surface area contributed by atoms with Crippen LogP contribution in [-0.4, -0.2) is 4.57 Å². The Morgan fingerprint density at radius 2 is 1.95 bits per heavy atom. The molecule has 0 aliphatic rings. The highest BCUT2D eigenvalue weighted by Crippen LogP contribution is 2.22. The normalized spacial score (nSPS) is 11.1. The maximum absolute atomic E-state index is 14.1. The monoisotopic (exact) mass is 315 g/mol. The summed E-state index contributed by atoms with van der Waals surface area (Å²) in [4.78, 5) is 12.8. The first kappa shape index (κ1) is 14.8. The van der Waals surface area contributed by atoms with Crippen LogP contribution >= 0.6 is 11.6 Å². The number of pyridine rings is 1. The number of fused-ring (bicyclic) bond motifs is 1. The lowest BCUT2D eigenvalue weighted by molar-refractivity contribution is 0.637. The number of halogens is 2. The smallest absolute Gasteiger partial charge is 0.266 e. The molecule has 22 heavy (non-hydrogen) atoms. The molecule has 3 aromatic rings. The van der Waals surface area contributed by atoms with E-state index in [1.54, 1.807) is 18.2 Å². The van der Waals surface area contributed by atoms with Crippen molar-refractivity contribution in [1.82, 2.24) is 4.57 Å². The van der Waals surface area contributed by atoms with Crippen LogP contribution in [0.25, 0.3) is 16.5 Å². The Labute approximate surface area is 132 Å². The summed E-state index contributed by atoms with van der Waals surface area (Å²) >= 11 is 6.17. The molecule has 3 rings (SSSR count). The minimum Gasteiger partial charge on any atom is -0.281 e. The highest BCUT2D eigenvalue weighted by atomic mass is 35.5. The van der Waals surface area contributed by atoms with Crippen LogP contribution in [0, 0.1) is 12.7 Å². The number of hydrogen-bond donors (Lipinski definition) is 0. The average Bonchev–Trinajstić information content (AvgIpc) is 2.50. The largest absolute Gasteiger partial charge is 0.281 e. The van der Waals surface area contributed by atoms with Gasteiger partial charge in [-0.25, -0.2) is 4.39 Å². The fraction of sp³-hybridized carbons (Fsp3) is 0.167. The van der Waals surface area contributed by atoms with Gasteiger partial charge in [0.1, 0.15) is 5.82 Å². The molecule has 0 bridgehead atoms. The minimum absolute atomic E-state index is 0.108. The molecule has 1 heterocycles. The summed E-state index contributed by atoms with van der Waals surface area (Å²) in [6.45, 7) is 3.86. The molecule has 0 unspecified atom stereocenters. The number of benzene rings is 2. The maximum Gasteiger partial charge on any atom is 0.266 e. The molecule has 0 saturated carbocycles. The highest BCUT2D eigenvalue weighted by Gasteiger charge is 2.13. The van der Waals surface area contributed by atoms with Crippen LogP contribution in [0.2, 0.25) is 5.02 Å². The van der Waals surface area contributed by atoms with Crippen molar-refractivity contribution in [2.24, 2.45) is 0 Å². The Bertz CT molecular complexity index is 930. The van der Waals surface area contributed by atoms with Crippen molar-refractivity contribution in [1.29, 1.82) is 0 Å². The van der Waals surface area contributed by atoms with Crippen molar-refractivity contribution in [3.8, 4) is 5.69 Å². The molecule has 112 valence electrons. The first-order chi connectivity index (χ1) is 10.5. The predicted molar refractivity (Wildman–Crippen MR) is 88.6 cm³/mol. The zero-order valence-electron chi connectivity index (χ0n) is 12.4. The summed E-state index contributed by atoms with van der Waals surface area (Å²) in [5.41, 5.74) is 2.06. The van der Waals surface area contributed by atoms with Crippen molar-refractivity contribution in [2.45, 2.75) is 20.3 Å². The second kappa shape index (κ2) is 5.58. The van der Waals surface area contributed by atoms with Gasteiger partial charge in [-0.05, 0) is 48.6 Å². The van der Waals surface area contributed by atoms with Crippen molar-refractivity contribution >= 4 is 22.4 Å². The molecular formula is C18H15ClFNO. The van der Waals surface area contributed by atoms with Gasteiger partial charge in [0, 0.05) is 10.7 Å². The van der Waals surface area contributed by atoms with Gasteiger partial charge in [0.25, 0.3) is 5.56 Å². The van der Waals surface area contributed by atoms with Gasteiger partial charge >= 0.3 is 0 Å². The predicted octanol–water partition coefficient (Wildman–Crippen LogP) is 4.65. The third-order valence-corrected chi connectivity index (χ3v) is 4.26. The Kier molecular flexibility index (Phi) is 3.75. The quantitative estimate of drug-likeness (QED) is 0.674. The average molecular weight is 316 g/mol. The van der Waals surface area contributed by atoms with Gasteiger partial charge in [0.2, 0.25) is 0 Å². The van der Waals surface area contributed by atoms with E-state index >= 15 is 0 Å². The van der Waals surface area contributed by atoms with E-state index in [9.17, 15) is 9.18 Å². The lowest BCUT2D eigenvalue weighted by Gasteiger charge is -2.14. The van der Waals surface area contributed by atoms with Crippen LogP contribution in [0.15, 0.2) is 47.3 Å². The molecular weight excluding hydrogens is 301 g/mol. The molecule has 0 atom stereocenters. The third kappa shape index (κ3) is 2.32. The molecule has 0 amide bonds. The van der Waals surface area contributed by atoms with Gasteiger partial charge in [0.15, 0.2) is 0 Å². The molecule has 2 aromatic carbocycles. The third-order valence-electron chi connectivity index (χ3n) is 3.85. The van der Waals surface area contributed by atoms with Crippen molar-refractivity contribution < 1.29 is 4.39 Å². The summed E-state index contributed by atoms with van der Waals surface area (Å²) in [5.74, 6) is -0.503. The van der Waals surface area contributed by atoms with Crippen molar-refractivity contribution in [3.05, 3.63) is 74.9 Å². The second-order valence-corrected chi connectivity index (χ2v) is 5.67. The fourth-order valence-corrected chi connectivity index (χ4v) is 2.81. The Morgan fingerprint density at radius 3 is 2.64 bits per heavy atom. The SMILES string of the molecule is CCc1cc2cccc(F)c2c(=O)n1-c1ccc(C)c(Cl)c1. The van der Waals surface area contributed by atoms with Gasteiger partial charge in [-0.3, -0.25) is 9.36 Å². The lowest BCUT2D eigenvalue weighted by Crippen LogP contribution is -2.22. The molecule has 1 aromatic heterocycles. The lowest BCUT2D eigenvalue weighted by atomic mass is 10.1. The summed E-state index contributed by atoms with van der Waals surface area (Å²) in [7, 11) is 0. The van der Waals surface area contributed by atoms with Crippen LogP contribution in [0.5, 0.6) is 0 Å². The van der Waals surface area contributed by atoms with Crippen LogP contribution in [0.3, 0.4) is 0 Å². The van der Waals surface area contributed by atoms with Crippen LogP contribution < -0.4 is 5.56 Å². The van der Waals surface area contributed by atoms with Crippen LogP contribution in [0.1, 0.15) is 18.2 Å². The first-order valence-corrected chi connectivity index (χ1v) is 7.50. The molecule has 2 nitrogen and oxygen atoms in total. The van der Waals surface area contributed by atoms with E-state index in [4.69, 9.17) is 11.6 Å². The first-order valence-electron chi connectivity index (χ1n) is 7.12. The Balaban J connectivity index is 2.42. The van der Waals surface area contributed by atoms with Gasteiger partial charge in [-0.1, -0.05) is 36.7 Å². The Hall–Kier alpha value is -2.13. The molecule has 0 saturated heterocycles. The van der Waals surface area contributed by atoms with Gasteiger partial charge < -0.3 is 0 Å². The molecule has 0 fully saturated rings. The van der Waals surface area contributed by atoms with Gasteiger partial charge in [0.05, 0.1) is 11.1 Å². The standard InChI is InChI=1S/C18H15ClFNO/c1-3-13-9-12-5-4-6-16(20)17(12)18(22)21(13)14-8-7-11(2)15(19)10-14/h4-10H,3H2,1-2H3.